The number of nitrogens with two attached hydrogens (primary N) is 1. The zero-order valence-corrected chi connectivity index (χ0v) is 18.8. The van der Waals surface area contributed by atoms with Crippen LogP contribution in [0, 0.1) is 6.92 Å². The van der Waals surface area contributed by atoms with Gasteiger partial charge in [0.2, 0.25) is 0 Å². The van der Waals surface area contributed by atoms with E-state index in [1.54, 1.807) is 10.7 Å². The fraction of sp³-hybridized carbons (Fsp3) is 0.148. The molecule has 0 atom stereocenters. The van der Waals surface area contributed by atoms with Gasteiger partial charge in [-0.15, -0.1) is 0 Å². The van der Waals surface area contributed by atoms with E-state index < -0.39 is 5.91 Å². The first-order valence-electron chi connectivity index (χ1n) is 10.8. The van der Waals surface area contributed by atoms with Crippen molar-refractivity contribution in [3.8, 4) is 16.8 Å². The van der Waals surface area contributed by atoms with Crippen molar-refractivity contribution < 1.29 is 4.79 Å². The second-order valence-corrected chi connectivity index (χ2v) is 8.87. The van der Waals surface area contributed by atoms with Crippen LogP contribution in [0.2, 0.25) is 0 Å². The lowest BCUT2D eigenvalue weighted by atomic mass is 9.78. The van der Waals surface area contributed by atoms with E-state index in [9.17, 15) is 4.79 Å². The van der Waals surface area contributed by atoms with Gasteiger partial charge in [-0.25, -0.2) is 4.68 Å². The van der Waals surface area contributed by atoms with E-state index in [4.69, 9.17) is 5.73 Å². The molecule has 33 heavy (non-hydrogen) atoms. The predicted molar refractivity (Wildman–Crippen MR) is 130 cm³/mol. The number of nitrogens with one attached hydrogen (secondary N) is 1. The summed E-state index contributed by atoms with van der Waals surface area (Å²) in [5.74, 6) is -0.525. The summed E-state index contributed by atoms with van der Waals surface area (Å²) in [6, 6.07) is 25.0. The molecule has 2 heterocycles. The van der Waals surface area contributed by atoms with Gasteiger partial charge >= 0.3 is 0 Å². The molecular formula is C27H25N5O. The number of hydrogen-bond donors (Lipinski definition) is 2. The third kappa shape index (κ3) is 3.69. The highest BCUT2D eigenvalue weighted by molar-refractivity contribution is 5.90. The minimum absolute atomic E-state index is 0.177. The molecule has 2 aromatic heterocycles. The van der Waals surface area contributed by atoms with Gasteiger partial charge in [-0.2, -0.15) is 10.2 Å². The summed E-state index contributed by atoms with van der Waals surface area (Å²) in [7, 11) is 0. The minimum atomic E-state index is -0.525. The Labute approximate surface area is 192 Å². The SMILES string of the molecule is Cc1cc(C(N)=O)nn1-c1ccc(C(C)(C)c2ccc(-c3ccc4[nH]ncc4c3)cc2)cc1. The molecule has 0 radical (unpaired) electrons. The van der Waals surface area contributed by atoms with Crippen molar-refractivity contribution in [3.05, 3.63) is 102 Å². The number of carbonyl (C=O) groups excluding carboxylic acids is 1. The Morgan fingerprint density at radius 3 is 2.18 bits per heavy atom. The molecule has 0 aliphatic heterocycles. The van der Waals surface area contributed by atoms with E-state index in [2.05, 4.69) is 83.7 Å². The van der Waals surface area contributed by atoms with Gasteiger partial charge < -0.3 is 5.73 Å². The van der Waals surface area contributed by atoms with Crippen molar-refractivity contribution in [1.82, 2.24) is 20.0 Å². The average Bonchev–Trinajstić information content (AvgIpc) is 3.45. The Morgan fingerprint density at radius 1 is 0.909 bits per heavy atom. The second kappa shape index (κ2) is 7.74. The lowest BCUT2D eigenvalue weighted by molar-refractivity contribution is 0.0995. The number of aromatic nitrogens is 4. The van der Waals surface area contributed by atoms with Gasteiger partial charge in [-0.3, -0.25) is 9.89 Å². The third-order valence-electron chi connectivity index (χ3n) is 6.35. The molecule has 0 fully saturated rings. The van der Waals surface area contributed by atoms with Crippen molar-refractivity contribution in [2.75, 3.05) is 0 Å². The number of aromatic amines is 1. The summed E-state index contributed by atoms with van der Waals surface area (Å²) in [5.41, 5.74) is 13.0. The fourth-order valence-electron chi connectivity index (χ4n) is 4.24. The van der Waals surface area contributed by atoms with E-state index in [1.165, 1.54) is 22.3 Å². The third-order valence-corrected chi connectivity index (χ3v) is 6.35. The van der Waals surface area contributed by atoms with Crippen molar-refractivity contribution in [1.29, 1.82) is 0 Å². The quantitative estimate of drug-likeness (QED) is 0.400. The monoisotopic (exact) mass is 435 g/mol. The van der Waals surface area contributed by atoms with Crippen LogP contribution in [0.1, 0.15) is 41.2 Å². The zero-order chi connectivity index (χ0) is 23.2. The Kier molecular flexibility index (Phi) is 4.86. The molecule has 3 aromatic carbocycles. The minimum Gasteiger partial charge on any atom is -0.364 e. The number of hydrogen-bond acceptors (Lipinski definition) is 3. The Morgan fingerprint density at radius 2 is 1.55 bits per heavy atom. The summed E-state index contributed by atoms with van der Waals surface area (Å²) >= 11 is 0. The van der Waals surface area contributed by atoms with E-state index in [0.29, 0.717) is 0 Å². The van der Waals surface area contributed by atoms with E-state index in [-0.39, 0.29) is 11.1 Å². The molecule has 0 saturated heterocycles. The number of aryl methyl sites for hydroxylation is 1. The molecule has 5 aromatic rings. The summed E-state index contributed by atoms with van der Waals surface area (Å²) in [6.45, 7) is 6.35. The average molecular weight is 436 g/mol. The topological polar surface area (TPSA) is 89.6 Å². The van der Waals surface area contributed by atoms with Crippen LogP contribution in [0.4, 0.5) is 0 Å². The molecule has 6 nitrogen and oxygen atoms in total. The number of H-pyrrole nitrogens is 1. The van der Waals surface area contributed by atoms with E-state index >= 15 is 0 Å². The highest BCUT2D eigenvalue weighted by atomic mass is 16.1. The molecule has 0 spiro atoms. The smallest absolute Gasteiger partial charge is 0.269 e. The Balaban J connectivity index is 1.41. The van der Waals surface area contributed by atoms with Crippen LogP contribution >= 0.6 is 0 Å². The van der Waals surface area contributed by atoms with Gasteiger partial charge in [0.15, 0.2) is 5.69 Å². The number of primary amides is 1. The van der Waals surface area contributed by atoms with Crippen LogP contribution < -0.4 is 5.73 Å². The molecule has 0 bridgehead atoms. The maximum absolute atomic E-state index is 11.4. The van der Waals surface area contributed by atoms with Gasteiger partial charge in [0.05, 0.1) is 17.4 Å². The van der Waals surface area contributed by atoms with Crippen LogP contribution in [-0.2, 0) is 5.41 Å². The number of fused-ring (bicyclic) bond motifs is 1. The molecule has 164 valence electrons. The summed E-state index contributed by atoms with van der Waals surface area (Å²) in [6.07, 6.45) is 1.85. The molecular weight excluding hydrogens is 410 g/mol. The van der Waals surface area contributed by atoms with Crippen molar-refractivity contribution in [2.45, 2.75) is 26.2 Å². The first-order valence-corrected chi connectivity index (χ1v) is 10.8. The maximum Gasteiger partial charge on any atom is 0.269 e. The number of carbonyl (C=O) groups is 1. The highest BCUT2D eigenvalue weighted by Gasteiger charge is 2.23. The molecule has 0 saturated carbocycles. The van der Waals surface area contributed by atoms with Crippen LogP contribution in [0.3, 0.4) is 0 Å². The first-order chi connectivity index (χ1) is 15.8. The largest absolute Gasteiger partial charge is 0.364 e. The van der Waals surface area contributed by atoms with Gasteiger partial charge in [-0.1, -0.05) is 56.3 Å². The first kappa shape index (κ1) is 20.7. The molecule has 1 amide bonds. The normalized spacial score (nSPS) is 11.7. The number of benzene rings is 3. The maximum atomic E-state index is 11.4. The zero-order valence-electron chi connectivity index (χ0n) is 18.8. The van der Waals surface area contributed by atoms with Crippen LogP contribution in [0.5, 0.6) is 0 Å². The lowest BCUT2D eigenvalue weighted by Gasteiger charge is -2.26. The predicted octanol–water partition coefficient (Wildman–Crippen LogP) is 5.15. The molecule has 6 heteroatoms. The Hall–Kier alpha value is -4.19. The van der Waals surface area contributed by atoms with Gasteiger partial charge in [0, 0.05) is 16.5 Å². The standard InChI is InChI=1S/C27H25N5O/c1-17-14-25(26(28)33)31-32(17)23-11-9-22(10-12-23)27(2,3)21-7-4-18(5-8-21)19-6-13-24-20(15-19)16-29-30-24/h4-16H,1-3H3,(H2,28,33)(H,29,30). The number of nitrogens with zero attached hydrogens (tertiary/aromatic N) is 3. The lowest BCUT2D eigenvalue weighted by Crippen LogP contribution is -2.19. The van der Waals surface area contributed by atoms with E-state index in [1.807, 2.05) is 25.3 Å². The molecule has 3 N–H and O–H groups in total. The molecule has 5 rings (SSSR count). The molecule has 0 aliphatic carbocycles. The summed E-state index contributed by atoms with van der Waals surface area (Å²) in [5, 5.41) is 12.5. The van der Waals surface area contributed by atoms with E-state index in [0.717, 1.165) is 22.3 Å². The van der Waals surface area contributed by atoms with Gasteiger partial charge in [-0.05, 0) is 59.5 Å². The van der Waals surface area contributed by atoms with Crippen LogP contribution in [0.15, 0.2) is 79.0 Å². The molecule has 0 unspecified atom stereocenters. The van der Waals surface area contributed by atoms with Crippen molar-refractivity contribution >= 4 is 16.8 Å². The number of rotatable bonds is 5. The molecule has 0 aliphatic rings. The fourth-order valence-corrected chi connectivity index (χ4v) is 4.24. The van der Waals surface area contributed by atoms with Crippen molar-refractivity contribution in [3.63, 3.8) is 0 Å². The van der Waals surface area contributed by atoms with Crippen LogP contribution in [0.25, 0.3) is 27.7 Å². The Bertz CT molecular complexity index is 1460. The highest BCUT2D eigenvalue weighted by Crippen LogP contribution is 2.33. The van der Waals surface area contributed by atoms with Crippen molar-refractivity contribution in [2.24, 2.45) is 5.73 Å². The second-order valence-electron chi connectivity index (χ2n) is 8.87. The number of amides is 1. The summed E-state index contributed by atoms with van der Waals surface area (Å²) < 4.78 is 1.74. The summed E-state index contributed by atoms with van der Waals surface area (Å²) in [4.78, 5) is 11.4. The van der Waals surface area contributed by atoms with Gasteiger partial charge in [0.25, 0.3) is 5.91 Å². The van der Waals surface area contributed by atoms with Crippen LogP contribution in [-0.4, -0.2) is 25.9 Å². The van der Waals surface area contributed by atoms with Gasteiger partial charge in [0.1, 0.15) is 0 Å².